The quantitative estimate of drug-likeness (QED) is 0.868. The van der Waals surface area contributed by atoms with Crippen LogP contribution in [0.5, 0.6) is 0 Å². The van der Waals surface area contributed by atoms with Crippen molar-refractivity contribution in [1.29, 1.82) is 0 Å². The van der Waals surface area contributed by atoms with Gasteiger partial charge in [-0.15, -0.1) is 0 Å². The summed E-state index contributed by atoms with van der Waals surface area (Å²) in [6, 6.07) is 2.23. The van der Waals surface area contributed by atoms with E-state index in [0.29, 0.717) is 36.9 Å². The lowest BCUT2D eigenvalue weighted by atomic mass is 10.1. The first-order chi connectivity index (χ1) is 7.57. The first kappa shape index (κ1) is 11.7. The molecule has 0 radical (unpaired) electrons. The van der Waals surface area contributed by atoms with Crippen LogP contribution in [-0.4, -0.2) is 26.0 Å². The van der Waals surface area contributed by atoms with Crippen LogP contribution in [0, 0.1) is 6.92 Å². The van der Waals surface area contributed by atoms with Gasteiger partial charge in [0.15, 0.2) is 0 Å². The van der Waals surface area contributed by atoms with Gasteiger partial charge in [-0.3, -0.25) is 0 Å². The summed E-state index contributed by atoms with van der Waals surface area (Å²) in [6.07, 6.45) is 3.10. The molecule has 0 aliphatic carbocycles. The summed E-state index contributed by atoms with van der Waals surface area (Å²) in [6.45, 7) is 2.69. The molecule has 90 valence electrons. The summed E-state index contributed by atoms with van der Waals surface area (Å²) in [5, 5.41) is 3.34. The van der Waals surface area contributed by atoms with Crippen molar-refractivity contribution in [2.75, 3.05) is 11.5 Å². The average Bonchev–Trinajstić information content (AvgIpc) is 2.63. The maximum absolute atomic E-state index is 11.2. The van der Waals surface area contributed by atoms with E-state index in [1.807, 2.05) is 13.0 Å². The molecular weight excluding hydrogens is 226 g/mol. The Morgan fingerprint density at radius 2 is 2.12 bits per heavy atom. The molecule has 0 unspecified atom stereocenters. The third-order valence-electron chi connectivity index (χ3n) is 3.07. The fourth-order valence-electron chi connectivity index (χ4n) is 1.92. The average molecular weight is 243 g/mol. The van der Waals surface area contributed by atoms with E-state index in [1.165, 1.54) is 0 Å². The molecule has 0 saturated carbocycles. The summed E-state index contributed by atoms with van der Waals surface area (Å²) < 4.78 is 27.8. The van der Waals surface area contributed by atoms with E-state index in [1.54, 1.807) is 6.26 Å². The normalized spacial score (nSPS) is 21.1. The highest BCUT2D eigenvalue weighted by atomic mass is 32.2. The summed E-state index contributed by atoms with van der Waals surface area (Å²) in [5.41, 5.74) is 1.14. The van der Waals surface area contributed by atoms with Crippen molar-refractivity contribution < 1.29 is 12.8 Å². The Kier molecular flexibility index (Phi) is 3.35. The highest BCUT2D eigenvalue weighted by Crippen LogP contribution is 2.14. The van der Waals surface area contributed by atoms with Crippen molar-refractivity contribution in [3.63, 3.8) is 0 Å². The molecule has 2 rings (SSSR count). The maximum atomic E-state index is 11.2. The minimum atomic E-state index is -2.76. The van der Waals surface area contributed by atoms with Crippen LogP contribution in [0.2, 0.25) is 0 Å². The van der Waals surface area contributed by atoms with Crippen LogP contribution in [0.4, 0.5) is 0 Å². The van der Waals surface area contributed by atoms with Gasteiger partial charge in [0.2, 0.25) is 0 Å². The predicted molar refractivity (Wildman–Crippen MR) is 62.0 cm³/mol. The molecule has 0 atom stereocenters. The van der Waals surface area contributed by atoms with Crippen LogP contribution < -0.4 is 5.32 Å². The molecule has 0 bridgehead atoms. The van der Waals surface area contributed by atoms with Crippen molar-refractivity contribution in [3.05, 3.63) is 23.7 Å². The van der Waals surface area contributed by atoms with Gasteiger partial charge in [-0.1, -0.05) is 0 Å². The number of aryl methyl sites for hydroxylation is 1. The molecule has 1 saturated heterocycles. The summed E-state index contributed by atoms with van der Waals surface area (Å²) in [4.78, 5) is 0. The Morgan fingerprint density at radius 3 is 2.69 bits per heavy atom. The first-order valence-electron chi connectivity index (χ1n) is 5.53. The molecule has 1 aromatic heterocycles. The molecule has 5 heteroatoms. The van der Waals surface area contributed by atoms with E-state index >= 15 is 0 Å². The summed E-state index contributed by atoms with van der Waals surface area (Å²) in [5.74, 6) is 1.55. The number of hydrogen-bond donors (Lipinski definition) is 1. The van der Waals surface area contributed by atoms with Crippen LogP contribution >= 0.6 is 0 Å². The largest absolute Gasteiger partial charge is 0.468 e. The Balaban J connectivity index is 1.82. The minimum absolute atomic E-state index is 0.299. The lowest BCUT2D eigenvalue weighted by Crippen LogP contribution is -2.37. The molecule has 0 spiro atoms. The fourth-order valence-corrected chi connectivity index (χ4v) is 3.41. The first-order valence-corrected chi connectivity index (χ1v) is 7.36. The lowest BCUT2D eigenvalue weighted by molar-refractivity contribution is 0.419. The van der Waals surface area contributed by atoms with Gasteiger partial charge in [0.25, 0.3) is 0 Å². The van der Waals surface area contributed by atoms with E-state index in [9.17, 15) is 8.42 Å². The van der Waals surface area contributed by atoms with Crippen LogP contribution in [0.15, 0.2) is 16.7 Å². The van der Waals surface area contributed by atoms with E-state index in [0.717, 1.165) is 11.3 Å². The van der Waals surface area contributed by atoms with Gasteiger partial charge in [-0.05, 0) is 31.4 Å². The van der Waals surface area contributed by atoms with Crippen molar-refractivity contribution in [2.24, 2.45) is 0 Å². The number of rotatable bonds is 3. The highest BCUT2D eigenvalue weighted by molar-refractivity contribution is 7.91. The van der Waals surface area contributed by atoms with E-state index in [-0.39, 0.29) is 0 Å². The highest BCUT2D eigenvalue weighted by Gasteiger charge is 2.23. The zero-order valence-electron chi connectivity index (χ0n) is 9.40. The van der Waals surface area contributed by atoms with E-state index in [4.69, 9.17) is 4.42 Å². The van der Waals surface area contributed by atoms with Crippen LogP contribution in [0.3, 0.4) is 0 Å². The van der Waals surface area contributed by atoms with Crippen molar-refractivity contribution in [1.82, 2.24) is 5.32 Å². The molecule has 4 nitrogen and oxygen atoms in total. The SMILES string of the molecule is Cc1ccoc1CNC1CCS(=O)(=O)CC1. The third-order valence-corrected chi connectivity index (χ3v) is 4.79. The lowest BCUT2D eigenvalue weighted by Gasteiger charge is -2.22. The molecule has 0 aromatic carbocycles. The molecule has 1 aromatic rings. The van der Waals surface area contributed by atoms with Gasteiger partial charge < -0.3 is 9.73 Å². The summed E-state index contributed by atoms with van der Waals surface area (Å²) in [7, 11) is -2.76. The van der Waals surface area contributed by atoms with Crippen molar-refractivity contribution >= 4 is 9.84 Å². The second-order valence-electron chi connectivity index (χ2n) is 4.33. The number of sulfone groups is 1. The Morgan fingerprint density at radius 1 is 1.44 bits per heavy atom. The number of nitrogens with one attached hydrogen (secondary N) is 1. The number of hydrogen-bond acceptors (Lipinski definition) is 4. The maximum Gasteiger partial charge on any atom is 0.150 e. The van der Waals surface area contributed by atoms with Gasteiger partial charge in [0.05, 0.1) is 24.3 Å². The zero-order valence-corrected chi connectivity index (χ0v) is 10.2. The molecule has 2 heterocycles. The molecule has 0 amide bonds. The van der Waals surface area contributed by atoms with E-state index in [2.05, 4.69) is 5.32 Å². The Hall–Kier alpha value is -0.810. The molecule has 1 aliphatic heterocycles. The van der Waals surface area contributed by atoms with Crippen LogP contribution in [0.25, 0.3) is 0 Å². The van der Waals surface area contributed by atoms with Gasteiger partial charge in [0, 0.05) is 6.04 Å². The van der Waals surface area contributed by atoms with E-state index < -0.39 is 9.84 Å². The second kappa shape index (κ2) is 4.59. The molecule has 1 aliphatic rings. The standard InChI is InChI=1S/C11H17NO3S/c1-9-2-5-15-11(9)8-12-10-3-6-16(13,14)7-4-10/h2,5,10,12H,3-4,6-8H2,1H3. The minimum Gasteiger partial charge on any atom is -0.468 e. The van der Waals surface area contributed by atoms with Crippen LogP contribution in [0.1, 0.15) is 24.2 Å². The van der Waals surface area contributed by atoms with Gasteiger partial charge in [0.1, 0.15) is 15.6 Å². The van der Waals surface area contributed by atoms with Gasteiger partial charge in [-0.2, -0.15) is 0 Å². The summed E-state index contributed by atoms with van der Waals surface area (Å²) >= 11 is 0. The Labute approximate surface area is 95.9 Å². The zero-order chi connectivity index (χ0) is 11.6. The predicted octanol–water partition coefficient (Wildman–Crippen LogP) is 1.25. The van der Waals surface area contributed by atoms with Crippen molar-refractivity contribution in [3.8, 4) is 0 Å². The van der Waals surface area contributed by atoms with Gasteiger partial charge in [-0.25, -0.2) is 8.42 Å². The molecule has 16 heavy (non-hydrogen) atoms. The van der Waals surface area contributed by atoms with Crippen LogP contribution in [-0.2, 0) is 16.4 Å². The van der Waals surface area contributed by atoms with Crippen molar-refractivity contribution in [2.45, 2.75) is 32.4 Å². The second-order valence-corrected chi connectivity index (χ2v) is 6.64. The number of furan rings is 1. The molecule has 1 N–H and O–H groups in total. The monoisotopic (exact) mass is 243 g/mol. The molecular formula is C11H17NO3S. The Bertz CT molecular complexity index is 436. The topological polar surface area (TPSA) is 59.3 Å². The third kappa shape index (κ3) is 2.86. The fraction of sp³-hybridized carbons (Fsp3) is 0.636. The van der Waals surface area contributed by atoms with Gasteiger partial charge >= 0.3 is 0 Å². The molecule has 1 fully saturated rings. The smallest absolute Gasteiger partial charge is 0.150 e.